The van der Waals surface area contributed by atoms with Gasteiger partial charge in [0.2, 0.25) is 0 Å². The standard InChI is InChI=1S/C17H21N3O3S/c1-10(4-6-12-3-2-8-23-12)18-15(21)11-5-7-13-14(9-11)19-17(24)20-16(13)22/h5,7,9-10,12H,2-4,6,8H2,1H3,(H,18,21)(H2,19,20,22,24)/t10-,12+/m1/s1. The number of ether oxygens (including phenoxy) is 1. The van der Waals surface area contributed by atoms with Crippen molar-refractivity contribution in [3.63, 3.8) is 0 Å². The number of carbonyl (C=O) groups excluding carboxylic acids is 1. The SMILES string of the molecule is C[C@H](CC[C@@H]1CCCO1)NC(=O)c1ccc2c(=O)[nH]c(=S)[nH]c2c1. The van der Waals surface area contributed by atoms with E-state index in [1.54, 1.807) is 18.2 Å². The quantitative estimate of drug-likeness (QED) is 0.726. The van der Waals surface area contributed by atoms with E-state index in [1.165, 1.54) is 0 Å². The zero-order chi connectivity index (χ0) is 17.1. The summed E-state index contributed by atoms with van der Waals surface area (Å²) < 4.78 is 5.85. The highest BCUT2D eigenvalue weighted by Crippen LogP contribution is 2.18. The van der Waals surface area contributed by atoms with Gasteiger partial charge >= 0.3 is 0 Å². The van der Waals surface area contributed by atoms with Crippen LogP contribution in [0.3, 0.4) is 0 Å². The second kappa shape index (κ2) is 7.27. The molecule has 3 rings (SSSR count). The van der Waals surface area contributed by atoms with Crippen molar-refractivity contribution in [2.45, 2.75) is 44.8 Å². The van der Waals surface area contributed by atoms with Crippen LogP contribution in [0, 0.1) is 4.77 Å². The van der Waals surface area contributed by atoms with Crippen molar-refractivity contribution in [1.29, 1.82) is 0 Å². The lowest BCUT2D eigenvalue weighted by Crippen LogP contribution is -2.33. The van der Waals surface area contributed by atoms with Crippen LogP contribution >= 0.6 is 12.2 Å². The molecule has 2 heterocycles. The van der Waals surface area contributed by atoms with Gasteiger partial charge < -0.3 is 15.0 Å². The molecule has 0 spiro atoms. The molecule has 1 saturated heterocycles. The first kappa shape index (κ1) is 16.9. The first-order valence-electron chi connectivity index (χ1n) is 8.22. The molecule has 128 valence electrons. The van der Waals surface area contributed by atoms with Crippen molar-refractivity contribution in [2.75, 3.05) is 6.61 Å². The number of H-pyrrole nitrogens is 2. The molecule has 0 bridgehead atoms. The van der Waals surface area contributed by atoms with Crippen molar-refractivity contribution >= 4 is 29.0 Å². The summed E-state index contributed by atoms with van der Waals surface area (Å²) in [5.41, 5.74) is 0.803. The number of nitrogens with one attached hydrogen (secondary N) is 3. The van der Waals surface area contributed by atoms with Gasteiger partial charge in [-0.15, -0.1) is 0 Å². The van der Waals surface area contributed by atoms with Crippen LogP contribution in [0.4, 0.5) is 0 Å². The van der Waals surface area contributed by atoms with E-state index in [9.17, 15) is 9.59 Å². The second-order valence-electron chi connectivity index (χ2n) is 6.26. The third-order valence-corrected chi connectivity index (χ3v) is 4.53. The fraction of sp³-hybridized carbons (Fsp3) is 0.471. The molecule has 1 fully saturated rings. The lowest BCUT2D eigenvalue weighted by Gasteiger charge is -2.16. The summed E-state index contributed by atoms with van der Waals surface area (Å²) in [6.45, 7) is 2.84. The number of benzene rings is 1. The van der Waals surface area contributed by atoms with Gasteiger partial charge in [-0.25, -0.2) is 0 Å². The van der Waals surface area contributed by atoms with E-state index in [0.29, 0.717) is 22.6 Å². The Morgan fingerprint density at radius 2 is 2.29 bits per heavy atom. The van der Waals surface area contributed by atoms with Gasteiger partial charge in [-0.05, 0) is 63.0 Å². The van der Waals surface area contributed by atoms with Crippen LogP contribution in [0.25, 0.3) is 10.9 Å². The minimum Gasteiger partial charge on any atom is -0.378 e. The Kier molecular flexibility index (Phi) is 5.11. The van der Waals surface area contributed by atoms with Crippen molar-refractivity contribution in [3.8, 4) is 0 Å². The summed E-state index contributed by atoms with van der Waals surface area (Å²) in [5.74, 6) is -0.156. The van der Waals surface area contributed by atoms with Crippen molar-refractivity contribution in [3.05, 3.63) is 38.9 Å². The Bertz CT molecular complexity index is 852. The summed E-state index contributed by atoms with van der Waals surface area (Å²) in [4.78, 5) is 29.6. The minimum absolute atomic E-state index is 0.0649. The minimum atomic E-state index is -0.259. The molecule has 6 nitrogen and oxygen atoms in total. The van der Waals surface area contributed by atoms with Crippen LogP contribution in [-0.4, -0.2) is 34.6 Å². The lowest BCUT2D eigenvalue weighted by atomic mass is 10.1. The van der Waals surface area contributed by atoms with E-state index in [-0.39, 0.29) is 22.3 Å². The number of amides is 1. The Labute approximate surface area is 144 Å². The van der Waals surface area contributed by atoms with Gasteiger partial charge in [-0.1, -0.05) is 0 Å². The van der Waals surface area contributed by atoms with Gasteiger partial charge in [0.05, 0.1) is 17.0 Å². The van der Waals surface area contributed by atoms with Crippen molar-refractivity contribution in [2.24, 2.45) is 0 Å². The number of aromatic nitrogens is 2. The van der Waals surface area contributed by atoms with Crippen LogP contribution in [0.15, 0.2) is 23.0 Å². The van der Waals surface area contributed by atoms with Crippen LogP contribution in [0.1, 0.15) is 43.0 Å². The Morgan fingerprint density at radius 3 is 3.04 bits per heavy atom. The predicted octanol–water partition coefficient (Wildman–Crippen LogP) is 2.66. The lowest BCUT2D eigenvalue weighted by molar-refractivity contribution is 0.0899. The molecule has 2 atom stereocenters. The van der Waals surface area contributed by atoms with Gasteiger partial charge in [0.25, 0.3) is 11.5 Å². The number of carbonyl (C=O) groups is 1. The van der Waals surface area contributed by atoms with Gasteiger partial charge in [0.15, 0.2) is 4.77 Å². The number of fused-ring (bicyclic) bond motifs is 1. The average molecular weight is 347 g/mol. The Hall–Kier alpha value is -1.99. The van der Waals surface area contributed by atoms with Crippen LogP contribution < -0.4 is 10.9 Å². The predicted molar refractivity (Wildman–Crippen MR) is 94.9 cm³/mol. The zero-order valence-electron chi connectivity index (χ0n) is 13.6. The maximum atomic E-state index is 12.4. The molecule has 0 saturated carbocycles. The van der Waals surface area contributed by atoms with Crippen LogP contribution in [0.5, 0.6) is 0 Å². The third kappa shape index (κ3) is 3.91. The highest BCUT2D eigenvalue weighted by molar-refractivity contribution is 7.71. The first-order chi connectivity index (χ1) is 11.5. The molecule has 24 heavy (non-hydrogen) atoms. The summed E-state index contributed by atoms with van der Waals surface area (Å²) in [6, 6.07) is 5.00. The smallest absolute Gasteiger partial charge is 0.259 e. The number of rotatable bonds is 5. The molecule has 3 N–H and O–H groups in total. The summed E-state index contributed by atoms with van der Waals surface area (Å²) in [5, 5.41) is 3.47. The highest BCUT2D eigenvalue weighted by Gasteiger charge is 2.17. The molecule has 0 aliphatic carbocycles. The van der Waals surface area contributed by atoms with Crippen LogP contribution in [0.2, 0.25) is 0 Å². The highest BCUT2D eigenvalue weighted by atomic mass is 32.1. The molecule has 1 aliphatic rings. The van der Waals surface area contributed by atoms with E-state index < -0.39 is 0 Å². The summed E-state index contributed by atoms with van der Waals surface area (Å²) >= 11 is 4.97. The molecule has 2 aromatic rings. The number of hydrogen-bond donors (Lipinski definition) is 3. The topological polar surface area (TPSA) is 87.0 Å². The fourth-order valence-corrected chi connectivity index (χ4v) is 3.20. The molecule has 1 amide bonds. The summed E-state index contributed by atoms with van der Waals surface area (Å²) in [7, 11) is 0. The second-order valence-corrected chi connectivity index (χ2v) is 6.66. The third-order valence-electron chi connectivity index (χ3n) is 4.32. The molecule has 7 heteroatoms. The Balaban J connectivity index is 1.66. The van der Waals surface area contributed by atoms with Gasteiger partial charge in [-0.2, -0.15) is 0 Å². The van der Waals surface area contributed by atoms with Gasteiger partial charge in [0, 0.05) is 18.2 Å². The molecule has 0 unspecified atom stereocenters. The molecule has 1 aromatic carbocycles. The largest absolute Gasteiger partial charge is 0.378 e. The van der Waals surface area contributed by atoms with E-state index in [4.69, 9.17) is 17.0 Å². The van der Waals surface area contributed by atoms with Gasteiger partial charge in [0.1, 0.15) is 0 Å². The Morgan fingerprint density at radius 1 is 1.46 bits per heavy atom. The van der Waals surface area contributed by atoms with E-state index in [1.807, 2.05) is 6.92 Å². The maximum absolute atomic E-state index is 12.4. The fourth-order valence-electron chi connectivity index (χ4n) is 3.00. The normalized spacial score (nSPS) is 18.6. The van der Waals surface area contributed by atoms with E-state index >= 15 is 0 Å². The maximum Gasteiger partial charge on any atom is 0.259 e. The molecule has 0 radical (unpaired) electrons. The number of hydrogen-bond acceptors (Lipinski definition) is 4. The molecular weight excluding hydrogens is 326 g/mol. The van der Waals surface area contributed by atoms with Crippen LogP contribution in [-0.2, 0) is 4.74 Å². The zero-order valence-corrected chi connectivity index (χ0v) is 14.4. The molecule has 1 aromatic heterocycles. The first-order valence-corrected chi connectivity index (χ1v) is 8.62. The molecule has 1 aliphatic heterocycles. The molecular formula is C17H21N3O3S. The van der Waals surface area contributed by atoms with Gasteiger partial charge in [-0.3, -0.25) is 14.6 Å². The van der Waals surface area contributed by atoms with E-state index in [2.05, 4.69) is 15.3 Å². The average Bonchev–Trinajstić information content (AvgIpc) is 3.05. The number of aromatic amines is 2. The van der Waals surface area contributed by atoms with Crippen molar-refractivity contribution < 1.29 is 9.53 Å². The monoisotopic (exact) mass is 347 g/mol. The summed E-state index contributed by atoms with van der Waals surface area (Å²) in [6.07, 6.45) is 4.41. The van der Waals surface area contributed by atoms with Crippen molar-refractivity contribution in [1.82, 2.24) is 15.3 Å². The van der Waals surface area contributed by atoms with E-state index in [0.717, 1.165) is 32.3 Å².